The normalized spacial score (nSPS) is 17.2. The van der Waals surface area contributed by atoms with Crippen LogP contribution >= 0.6 is 0 Å². The predicted molar refractivity (Wildman–Crippen MR) is 117 cm³/mol. The van der Waals surface area contributed by atoms with Crippen LogP contribution in [0.3, 0.4) is 0 Å². The molecule has 4 rings (SSSR count). The van der Waals surface area contributed by atoms with Crippen LogP contribution in [0.4, 0.5) is 5.69 Å². The summed E-state index contributed by atoms with van der Waals surface area (Å²) in [5.74, 6) is 0.307. The van der Waals surface area contributed by atoms with Crippen molar-refractivity contribution < 1.29 is 17.9 Å². The first kappa shape index (κ1) is 20.4. The summed E-state index contributed by atoms with van der Waals surface area (Å²) in [4.78, 5) is 13.2. The van der Waals surface area contributed by atoms with Gasteiger partial charge in [-0.2, -0.15) is 4.31 Å². The molecule has 1 N–H and O–H groups in total. The number of carbonyl (C=O) groups is 1. The number of benzene rings is 3. The number of hydrogen-bond donors (Lipinski definition) is 1. The van der Waals surface area contributed by atoms with Crippen LogP contribution in [-0.2, 0) is 14.8 Å². The van der Waals surface area contributed by atoms with E-state index in [1.54, 1.807) is 12.1 Å². The van der Waals surface area contributed by atoms with Crippen molar-refractivity contribution in [2.24, 2.45) is 0 Å². The largest absolute Gasteiger partial charge is 0.494 e. The first-order valence-corrected chi connectivity index (χ1v) is 11.5. The Morgan fingerprint density at radius 1 is 1.07 bits per heavy atom. The third-order valence-electron chi connectivity index (χ3n) is 5.30. The topological polar surface area (TPSA) is 75.7 Å². The highest BCUT2D eigenvalue weighted by Gasteiger charge is 2.39. The molecular formula is C23H24N2O4S. The number of nitrogens with one attached hydrogen (secondary N) is 1. The Bertz CT molecular complexity index is 1150. The number of nitrogens with zero attached hydrogens (tertiary/aromatic N) is 1. The van der Waals surface area contributed by atoms with Gasteiger partial charge in [-0.15, -0.1) is 0 Å². The van der Waals surface area contributed by atoms with Crippen molar-refractivity contribution in [3.8, 4) is 5.75 Å². The predicted octanol–water partition coefficient (Wildman–Crippen LogP) is 4.03. The van der Waals surface area contributed by atoms with Crippen molar-refractivity contribution in [1.29, 1.82) is 0 Å². The van der Waals surface area contributed by atoms with Crippen LogP contribution in [0.25, 0.3) is 10.8 Å². The van der Waals surface area contributed by atoms with E-state index in [1.807, 2.05) is 49.4 Å². The molecule has 30 heavy (non-hydrogen) atoms. The molecule has 0 aromatic heterocycles. The van der Waals surface area contributed by atoms with E-state index in [2.05, 4.69) is 5.32 Å². The molecule has 3 aromatic carbocycles. The van der Waals surface area contributed by atoms with Crippen molar-refractivity contribution in [1.82, 2.24) is 4.31 Å². The number of rotatable bonds is 6. The standard InChI is InChI=1S/C23H24N2O4S/c1-2-29-18-12-14-19(15-13-18)30(27,28)25-16-6-11-22(25)23(26)24-21-10-5-8-17-7-3-4-9-20(17)21/h3-5,7-10,12-15,22H,2,6,11,16H2,1H3,(H,24,26). The zero-order valence-corrected chi connectivity index (χ0v) is 17.6. The average molecular weight is 425 g/mol. The molecule has 0 bridgehead atoms. The van der Waals surface area contributed by atoms with E-state index in [4.69, 9.17) is 4.74 Å². The van der Waals surface area contributed by atoms with Gasteiger partial charge >= 0.3 is 0 Å². The minimum absolute atomic E-state index is 0.163. The summed E-state index contributed by atoms with van der Waals surface area (Å²) in [5.41, 5.74) is 0.684. The van der Waals surface area contributed by atoms with Gasteiger partial charge in [0.15, 0.2) is 0 Å². The van der Waals surface area contributed by atoms with Gasteiger partial charge in [-0.25, -0.2) is 8.42 Å². The lowest BCUT2D eigenvalue weighted by atomic mass is 10.1. The molecule has 6 nitrogen and oxygen atoms in total. The molecule has 3 aromatic rings. The molecule has 1 amide bonds. The average Bonchev–Trinajstić information content (AvgIpc) is 3.26. The number of carbonyl (C=O) groups excluding carboxylic acids is 1. The highest BCUT2D eigenvalue weighted by molar-refractivity contribution is 7.89. The van der Waals surface area contributed by atoms with Gasteiger partial charge in [0.05, 0.1) is 11.5 Å². The lowest BCUT2D eigenvalue weighted by Gasteiger charge is -2.24. The molecular weight excluding hydrogens is 400 g/mol. The Morgan fingerprint density at radius 2 is 1.80 bits per heavy atom. The second-order valence-corrected chi connectivity index (χ2v) is 9.08. The number of amides is 1. The number of ether oxygens (including phenoxy) is 1. The van der Waals surface area contributed by atoms with E-state index in [9.17, 15) is 13.2 Å². The number of sulfonamides is 1. The van der Waals surface area contributed by atoms with Gasteiger partial charge in [-0.3, -0.25) is 4.79 Å². The van der Waals surface area contributed by atoms with Crippen LogP contribution in [0.1, 0.15) is 19.8 Å². The summed E-state index contributed by atoms with van der Waals surface area (Å²) < 4.78 is 33.1. The van der Waals surface area contributed by atoms with Crippen LogP contribution in [0.5, 0.6) is 5.75 Å². The van der Waals surface area contributed by atoms with Gasteiger partial charge in [0.2, 0.25) is 15.9 Å². The van der Waals surface area contributed by atoms with Crippen molar-refractivity contribution in [2.45, 2.75) is 30.7 Å². The lowest BCUT2D eigenvalue weighted by molar-refractivity contribution is -0.119. The molecule has 0 aliphatic carbocycles. The van der Waals surface area contributed by atoms with Crippen LogP contribution in [0.2, 0.25) is 0 Å². The third-order valence-corrected chi connectivity index (χ3v) is 7.22. The molecule has 0 saturated carbocycles. The quantitative estimate of drug-likeness (QED) is 0.648. The maximum atomic E-state index is 13.2. The summed E-state index contributed by atoms with van der Waals surface area (Å²) in [7, 11) is -3.78. The summed E-state index contributed by atoms with van der Waals surface area (Å²) in [6.07, 6.45) is 1.14. The van der Waals surface area contributed by atoms with E-state index in [0.29, 0.717) is 37.4 Å². The number of fused-ring (bicyclic) bond motifs is 1. The Labute approximate surface area is 176 Å². The maximum absolute atomic E-state index is 13.2. The molecule has 1 heterocycles. The summed E-state index contributed by atoms with van der Waals surface area (Å²) >= 11 is 0. The highest BCUT2D eigenvalue weighted by Crippen LogP contribution is 2.29. The molecule has 1 aliphatic rings. The van der Waals surface area contributed by atoms with Gasteiger partial charge in [-0.1, -0.05) is 36.4 Å². The first-order chi connectivity index (χ1) is 14.5. The maximum Gasteiger partial charge on any atom is 0.243 e. The molecule has 0 spiro atoms. The van der Waals surface area contributed by atoms with Crippen LogP contribution in [0, 0.1) is 0 Å². The van der Waals surface area contributed by atoms with Crippen molar-refractivity contribution in [3.05, 3.63) is 66.7 Å². The van der Waals surface area contributed by atoms with E-state index in [-0.39, 0.29) is 10.8 Å². The monoisotopic (exact) mass is 424 g/mol. The molecule has 1 atom stereocenters. The zero-order chi connectivity index (χ0) is 21.1. The van der Waals surface area contributed by atoms with Gasteiger partial charge in [0.25, 0.3) is 0 Å². The molecule has 1 aliphatic heterocycles. The van der Waals surface area contributed by atoms with Crippen molar-refractivity contribution >= 4 is 32.4 Å². The van der Waals surface area contributed by atoms with E-state index in [1.165, 1.54) is 16.4 Å². The number of anilines is 1. The first-order valence-electron chi connectivity index (χ1n) is 10.0. The second-order valence-electron chi connectivity index (χ2n) is 7.19. The van der Waals surface area contributed by atoms with E-state index in [0.717, 1.165) is 10.8 Å². The van der Waals surface area contributed by atoms with Gasteiger partial charge in [-0.05, 0) is 55.5 Å². The Balaban J connectivity index is 1.57. The van der Waals surface area contributed by atoms with Gasteiger partial charge in [0.1, 0.15) is 11.8 Å². The molecule has 0 radical (unpaired) electrons. The Kier molecular flexibility index (Phi) is 5.74. The van der Waals surface area contributed by atoms with Crippen LogP contribution in [-0.4, -0.2) is 37.8 Å². The van der Waals surface area contributed by atoms with E-state index >= 15 is 0 Å². The molecule has 1 unspecified atom stereocenters. The Morgan fingerprint density at radius 3 is 2.57 bits per heavy atom. The lowest BCUT2D eigenvalue weighted by Crippen LogP contribution is -2.43. The van der Waals surface area contributed by atoms with Crippen LogP contribution < -0.4 is 10.1 Å². The van der Waals surface area contributed by atoms with Gasteiger partial charge < -0.3 is 10.1 Å². The summed E-state index contributed by atoms with van der Waals surface area (Å²) in [6, 6.07) is 19.0. The SMILES string of the molecule is CCOc1ccc(S(=O)(=O)N2CCCC2C(=O)Nc2cccc3ccccc23)cc1. The van der Waals surface area contributed by atoms with Gasteiger partial charge in [0, 0.05) is 17.6 Å². The fourth-order valence-corrected chi connectivity index (χ4v) is 5.51. The fourth-order valence-electron chi connectivity index (χ4n) is 3.85. The summed E-state index contributed by atoms with van der Waals surface area (Å²) in [6.45, 7) is 2.70. The van der Waals surface area contributed by atoms with Crippen molar-refractivity contribution in [3.63, 3.8) is 0 Å². The molecule has 156 valence electrons. The van der Waals surface area contributed by atoms with Crippen LogP contribution in [0.15, 0.2) is 71.6 Å². The molecule has 1 saturated heterocycles. The zero-order valence-electron chi connectivity index (χ0n) is 16.7. The fraction of sp³-hybridized carbons (Fsp3) is 0.261. The van der Waals surface area contributed by atoms with Crippen molar-refractivity contribution in [2.75, 3.05) is 18.5 Å². The minimum atomic E-state index is -3.78. The Hall–Kier alpha value is -2.90. The molecule has 1 fully saturated rings. The number of hydrogen-bond acceptors (Lipinski definition) is 4. The second kappa shape index (κ2) is 8.45. The molecule has 7 heteroatoms. The minimum Gasteiger partial charge on any atom is -0.494 e. The third kappa shape index (κ3) is 3.91. The van der Waals surface area contributed by atoms with E-state index < -0.39 is 16.1 Å². The highest BCUT2D eigenvalue weighted by atomic mass is 32.2. The smallest absolute Gasteiger partial charge is 0.243 e. The summed E-state index contributed by atoms with van der Waals surface area (Å²) in [5, 5.41) is 4.88.